The zero-order valence-electron chi connectivity index (χ0n) is 14.2. The minimum absolute atomic E-state index is 0.202. The molecule has 6 heteroatoms. The molecule has 0 aliphatic heterocycles. The molecule has 2 aromatic rings. The number of carbonyl (C=O) groups is 2. The average molecular weight is 359 g/mol. The molecule has 1 unspecified atom stereocenters. The minimum Gasteiger partial charge on any atom is -0.497 e. The third-order valence-electron chi connectivity index (χ3n) is 3.57. The Morgan fingerprint density at radius 3 is 2.32 bits per heavy atom. The number of thioether (sulfide) groups is 1. The zero-order valence-corrected chi connectivity index (χ0v) is 15.0. The second-order valence-electron chi connectivity index (χ2n) is 5.51. The number of carbonyl (C=O) groups excluding carboxylic acids is 1. The zero-order chi connectivity index (χ0) is 18.2. The second kappa shape index (κ2) is 9.13. The molecule has 0 radical (unpaired) electrons. The number of methoxy groups -OCH3 is 1. The van der Waals surface area contributed by atoms with Crippen molar-refractivity contribution in [3.05, 3.63) is 60.2 Å². The molecule has 0 aliphatic rings. The Hall–Kier alpha value is -2.47. The van der Waals surface area contributed by atoms with Crippen molar-refractivity contribution in [2.24, 2.45) is 0 Å². The molecule has 0 aliphatic carbocycles. The van der Waals surface area contributed by atoms with E-state index in [-0.39, 0.29) is 19.0 Å². The van der Waals surface area contributed by atoms with Crippen LogP contribution in [0.1, 0.15) is 12.5 Å². The third-order valence-corrected chi connectivity index (χ3v) is 4.67. The lowest BCUT2D eigenvalue weighted by Crippen LogP contribution is -2.39. The number of ether oxygens (including phenoxy) is 1. The fraction of sp³-hybridized carbons (Fsp3) is 0.263. The average Bonchev–Trinajstić information content (AvgIpc) is 2.61. The van der Waals surface area contributed by atoms with E-state index >= 15 is 0 Å². The van der Waals surface area contributed by atoms with E-state index in [0.29, 0.717) is 0 Å². The number of carboxylic acids is 1. The molecule has 1 atom stereocenters. The Balaban J connectivity index is 2.06. The Bertz CT molecular complexity index is 703. The molecule has 5 nitrogen and oxygen atoms in total. The second-order valence-corrected chi connectivity index (χ2v) is 6.92. The van der Waals surface area contributed by atoms with Crippen LogP contribution >= 0.6 is 11.8 Å². The van der Waals surface area contributed by atoms with Crippen LogP contribution in [-0.2, 0) is 16.1 Å². The number of carboxylic acid groups (broad SMARTS) is 1. The number of hydrogen-bond acceptors (Lipinski definition) is 4. The molecular weight excluding hydrogens is 338 g/mol. The van der Waals surface area contributed by atoms with E-state index in [9.17, 15) is 9.59 Å². The van der Waals surface area contributed by atoms with Crippen molar-refractivity contribution >= 4 is 23.6 Å². The predicted octanol–water partition coefficient (Wildman–Crippen LogP) is 3.29. The predicted molar refractivity (Wildman–Crippen MR) is 97.8 cm³/mol. The molecule has 25 heavy (non-hydrogen) atoms. The first-order valence-electron chi connectivity index (χ1n) is 7.85. The van der Waals surface area contributed by atoms with Gasteiger partial charge in [0.2, 0.25) is 5.91 Å². The quantitative estimate of drug-likeness (QED) is 0.733. The molecule has 0 spiro atoms. The number of aliphatic carboxylic acids is 1. The fourth-order valence-electron chi connectivity index (χ4n) is 2.34. The van der Waals surface area contributed by atoms with Crippen LogP contribution in [-0.4, -0.2) is 40.8 Å². The molecule has 1 amide bonds. The summed E-state index contributed by atoms with van der Waals surface area (Å²) in [7, 11) is 1.60. The van der Waals surface area contributed by atoms with Crippen LogP contribution in [0, 0.1) is 0 Å². The van der Waals surface area contributed by atoms with Crippen molar-refractivity contribution in [1.29, 1.82) is 0 Å². The Kier molecular flexibility index (Phi) is 6.89. The standard InChI is InChI=1S/C19H21NO4S/c1-14(25-17-10-8-16(24-2)9-11-17)19(23)20(13-18(21)22)12-15-6-4-3-5-7-15/h3-11,14H,12-13H2,1-2H3,(H,21,22). The molecule has 0 fully saturated rings. The first-order valence-corrected chi connectivity index (χ1v) is 8.72. The van der Waals surface area contributed by atoms with E-state index in [4.69, 9.17) is 9.84 Å². The van der Waals surface area contributed by atoms with Gasteiger partial charge in [0.05, 0.1) is 12.4 Å². The summed E-state index contributed by atoms with van der Waals surface area (Å²) in [5.74, 6) is -0.474. The van der Waals surface area contributed by atoms with Gasteiger partial charge in [-0.15, -0.1) is 11.8 Å². The maximum atomic E-state index is 12.7. The molecule has 132 valence electrons. The van der Waals surface area contributed by atoms with Gasteiger partial charge in [-0.25, -0.2) is 0 Å². The summed E-state index contributed by atoms with van der Waals surface area (Å²) in [6.07, 6.45) is 0. The molecule has 1 N–H and O–H groups in total. The van der Waals surface area contributed by atoms with Crippen LogP contribution in [0.4, 0.5) is 0 Å². The Labute approximate surface area is 151 Å². The lowest BCUT2D eigenvalue weighted by molar-refractivity contribution is -0.144. The Morgan fingerprint density at radius 2 is 1.76 bits per heavy atom. The summed E-state index contributed by atoms with van der Waals surface area (Å²) in [6.45, 7) is 1.75. The Morgan fingerprint density at radius 1 is 1.12 bits per heavy atom. The SMILES string of the molecule is COc1ccc(SC(C)C(=O)N(CC(=O)O)Cc2ccccc2)cc1. The molecule has 0 aromatic heterocycles. The summed E-state index contributed by atoms with van der Waals surface area (Å²) >= 11 is 1.40. The molecule has 0 heterocycles. The van der Waals surface area contributed by atoms with E-state index in [1.54, 1.807) is 14.0 Å². The van der Waals surface area contributed by atoms with Crippen molar-refractivity contribution in [2.75, 3.05) is 13.7 Å². The maximum Gasteiger partial charge on any atom is 0.323 e. The van der Waals surface area contributed by atoms with Gasteiger partial charge < -0.3 is 14.7 Å². The van der Waals surface area contributed by atoms with Crippen molar-refractivity contribution in [1.82, 2.24) is 4.90 Å². The number of benzene rings is 2. The molecule has 0 saturated carbocycles. The molecular formula is C19H21NO4S. The van der Waals surface area contributed by atoms with Gasteiger partial charge in [0, 0.05) is 11.4 Å². The van der Waals surface area contributed by atoms with Gasteiger partial charge in [-0.2, -0.15) is 0 Å². The fourth-order valence-corrected chi connectivity index (χ4v) is 3.30. The van der Waals surface area contributed by atoms with Crippen molar-refractivity contribution in [3.63, 3.8) is 0 Å². The topological polar surface area (TPSA) is 66.8 Å². The first kappa shape index (κ1) is 18.9. The third kappa shape index (κ3) is 5.83. The summed E-state index contributed by atoms with van der Waals surface area (Å²) in [4.78, 5) is 26.2. The lowest BCUT2D eigenvalue weighted by atomic mass is 10.2. The highest BCUT2D eigenvalue weighted by Crippen LogP contribution is 2.26. The van der Waals surface area contributed by atoms with Gasteiger partial charge in [-0.3, -0.25) is 9.59 Å². The van der Waals surface area contributed by atoms with Crippen molar-refractivity contribution < 1.29 is 19.4 Å². The van der Waals surface area contributed by atoms with Crippen LogP contribution in [0.5, 0.6) is 5.75 Å². The van der Waals surface area contributed by atoms with E-state index in [0.717, 1.165) is 16.2 Å². The number of amides is 1. The smallest absolute Gasteiger partial charge is 0.323 e. The summed E-state index contributed by atoms with van der Waals surface area (Å²) in [5.41, 5.74) is 0.902. The largest absolute Gasteiger partial charge is 0.497 e. The van der Waals surface area contributed by atoms with E-state index in [2.05, 4.69) is 0 Å². The number of nitrogens with zero attached hydrogens (tertiary/aromatic N) is 1. The lowest BCUT2D eigenvalue weighted by Gasteiger charge is -2.24. The van der Waals surface area contributed by atoms with Crippen molar-refractivity contribution in [3.8, 4) is 5.75 Å². The highest BCUT2D eigenvalue weighted by Gasteiger charge is 2.23. The molecule has 0 bridgehead atoms. The summed E-state index contributed by atoms with van der Waals surface area (Å²) in [6, 6.07) is 16.8. The number of rotatable bonds is 8. The first-order chi connectivity index (χ1) is 12.0. The molecule has 0 saturated heterocycles. The van der Waals surface area contributed by atoms with Gasteiger partial charge in [0.25, 0.3) is 0 Å². The van der Waals surface area contributed by atoms with Gasteiger partial charge in [0.1, 0.15) is 12.3 Å². The normalized spacial score (nSPS) is 11.6. The molecule has 2 rings (SSSR count). The van der Waals surface area contributed by atoms with Crippen LogP contribution in [0.2, 0.25) is 0 Å². The highest BCUT2D eigenvalue weighted by molar-refractivity contribution is 8.00. The van der Waals surface area contributed by atoms with Crippen molar-refractivity contribution in [2.45, 2.75) is 23.6 Å². The van der Waals surface area contributed by atoms with Crippen LogP contribution in [0.25, 0.3) is 0 Å². The molecule has 2 aromatic carbocycles. The van der Waals surface area contributed by atoms with E-state index < -0.39 is 11.2 Å². The van der Waals surface area contributed by atoms with Crippen LogP contribution < -0.4 is 4.74 Å². The van der Waals surface area contributed by atoms with E-state index in [1.807, 2.05) is 54.6 Å². The summed E-state index contributed by atoms with van der Waals surface area (Å²) < 4.78 is 5.12. The van der Waals surface area contributed by atoms with E-state index in [1.165, 1.54) is 16.7 Å². The minimum atomic E-state index is -1.02. The summed E-state index contributed by atoms with van der Waals surface area (Å²) in [5, 5.41) is 8.73. The van der Waals surface area contributed by atoms with Gasteiger partial charge >= 0.3 is 5.97 Å². The van der Waals surface area contributed by atoms with Gasteiger partial charge in [-0.05, 0) is 36.8 Å². The van der Waals surface area contributed by atoms with Crippen LogP contribution in [0.15, 0.2) is 59.5 Å². The van der Waals surface area contributed by atoms with Gasteiger partial charge in [0.15, 0.2) is 0 Å². The van der Waals surface area contributed by atoms with Crippen LogP contribution in [0.3, 0.4) is 0 Å². The highest BCUT2D eigenvalue weighted by atomic mass is 32.2. The monoisotopic (exact) mass is 359 g/mol. The number of hydrogen-bond donors (Lipinski definition) is 1. The van der Waals surface area contributed by atoms with Gasteiger partial charge in [-0.1, -0.05) is 30.3 Å². The maximum absolute atomic E-state index is 12.7.